The molecule has 0 radical (unpaired) electrons. The van der Waals surface area contributed by atoms with Gasteiger partial charge in [0.2, 0.25) is 0 Å². The van der Waals surface area contributed by atoms with Crippen LogP contribution in [-0.4, -0.2) is 37.4 Å². The van der Waals surface area contributed by atoms with Gasteiger partial charge in [-0.3, -0.25) is 4.79 Å². The van der Waals surface area contributed by atoms with E-state index in [-0.39, 0.29) is 12.5 Å². The summed E-state index contributed by atoms with van der Waals surface area (Å²) >= 11 is 1.61. The number of rotatable bonds is 6. The molecule has 2 N–H and O–H groups in total. The van der Waals surface area contributed by atoms with E-state index in [4.69, 9.17) is 9.84 Å². The third kappa shape index (κ3) is 3.28. The number of aryl methyl sites for hydroxylation is 2. The van der Waals surface area contributed by atoms with E-state index >= 15 is 0 Å². The number of thiophene rings is 1. The van der Waals surface area contributed by atoms with Crippen LogP contribution >= 0.6 is 11.3 Å². The first-order chi connectivity index (χ1) is 8.31. The standard InChI is InChI=1S/C12H17NO3S/c14-5-7-16-6-4-13-12(15)11-8-9-2-1-3-10(9)17-11/h8,14H,1-7H2,(H,13,15). The number of fused-ring (bicyclic) bond motifs is 1. The highest BCUT2D eigenvalue weighted by atomic mass is 32.1. The average molecular weight is 255 g/mol. The van der Waals surface area contributed by atoms with Crippen LogP contribution in [0.3, 0.4) is 0 Å². The molecule has 1 aromatic heterocycles. The highest BCUT2D eigenvalue weighted by Gasteiger charge is 2.17. The molecule has 0 unspecified atom stereocenters. The largest absolute Gasteiger partial charge is 0.394 e. The third-order valence-electron chi connectivity index (χ3n) is 2.74. The lowest BCUT2D eigenvalue weighted by Crippen LogP contribution is -2.26. The van der Waals surface area contributed by atoms with Crippen LogP contribution in [0.25, 0.3) is 0 Å². The highest BCUT2D eigenvalue weighted by molar-refractivity contribution is 7.14. The SMILES string of the molecule is O=C(NCCOCCO)c1cc2c(s1)CCC2. The summed E-state index contributed by atoms with van der Waals surface area (Å²) in [6.45, 7) is 1.27. The zero-order valence-corrected chi connectivity index (χ0v) is 10.5. The van der Waals surface area contributed by atoms with Crippen LogP contribution in [0.1, 0.15) is 26.5 Å². The Morgan fingerprint density at radius 2 is 2.35 bits per heavy atom. The number of amides is 1. The molecule has 1 aromatic rings. The second-order valence-electron chi connectivity index (χ2n) is 4.00. The number of nitrogens with one attached hydrogen (secondary N) is 1. The molecule has 0 fully saturated rings. The highest BCUT2D eigenvalue weighted by Crippen LogP contribution is 2.30. The van der Waals surface area contributed by atoms with Crippen molar-refractivity contribution in [3.63, 3.8) is 0 Å². The molecule has 94 valence electrons. The van der Waals surface area contributed by atoms with Crippen LogP contribution in [0.5, 0.6) is 0 Å². The van der Waals surface area contributed by atoms with Crippen LogP contribution in [0, 0.1) is 0 Å². The molecular weight excluding hydrogens is 238 g/mol. The number of carbonyl (C=O) groups is 1. The fourth-order valence-corrected chi connectivity index (χ4v) is 3.10. The maximum Gasteiger partial charge on any atom is 0.261 e. The van der Waals surface area contributed by atoms with Crippen molar-refractivity contribution in [3.05, 3.63) is 21.4 Å². The summed E-state index contributed by atoms with van der Waals surface area (Å²) in [4.78, 5) is 13.9. The molecule has 4 nitrogen and oxygen atoms in total. The summed E-state index contributed by atoms with van der Waals surface area (Å²) in [5.74, 6) is -0.0167. The molecule has 0 aromatic carbocycles. The van der Waals surface area contributed by atoms with Crippen LogP contribution in [0.2, 0.25) is 0 Å². The van der Waals surface area contributed by atoms with E-state index < -0.39 is 0 Å². The van der Waals surface area contributed by atoms with Crippen molar-refractivity contribution >= 4 is 17.2 Å². The normalized spacial score (nSPS) is 13.7. The Morgan fingerprint density at radius 1 is 1.47 bits per heavy atom. The van der Waals surface area contributed by atoms with Gasteiger partial charge in [0.05, 0.1) is 24.7 Å². The van der Waals surface area contributed by atoms with E-state index in [9.17, 15) is 4.79 Å². The Balaban J connectivity index is 1.75. The fraction of sp³-hybridized carbons (Fsp3) is 0.583. The first kappa shape index (κ1) is 12.5. The lowest BCUT2D eigenvalue weighted by Gasteiger charge is -2.04. The number of carbonyl (C=O) groups excluding carboxylic acids is 1. The molecule has 5 heteroatoms. The molecule has 0 atom stereocenters. The van der Waals surface area contributed by atoms with Crippen molar-refractivity contribution in [1.29, 1.82) is 0 Å². The van der Waals surface area contributed by atoms with E-state index in [1.807, 2.05) is 6.07 Å². The van der Waals surface area contributed by atoms with Gasteiger partial charge in [-0.05, 0) is 30.9 Å². The van der Waals surface area contributed by atoms with Crippen LogP contribution in [-0.2, 0) is 17.6 Å². The number of hydrogen-bond donors (Lipinski definition) is 2. The zero-order valence-electron chi connectivity index (χ0n) is 9.70. The molecule has 1 amide bonds. The number of hydrogen-bond acceptors (Lipinski definition) is 4. The van der Waals surface area contributed by atoms with E-state index in [1.165, 1.54) is 16.9 Å². The summed E-state index contributed by atoms with van der Waals surface area (Å²) in [5, 5.41) is 11.3. The molecule has 2 rings (SSSR count). The van der Waals surface area contributed by atoms with Gasteiger partial charge >= 0.3 is 0 Å². The minimum Gasteiger partial charge on any atom is -0.394 e. The maximum atomic E-state index is 11.8. The van der Waals surface area contributed by atoms with E-state index in [0.717, 1.165) is 17.7 Å². The minimum absolute atomic E-state index is 0.0167. The van der Waals surface area contributed by atoms with Crippen LogP contribution in [0.4, 0.5) is 0 Å². The van der Waals surface area contributed by atoms with Crippen LogP contribution in [0.15, 0.2) is 6.07 Å². The Morgan fingerprint density at radius 3 is 3.12 bits per heavy atom. The van der Waals surface area contributed by atoms with E-state index in [0.29, 0.717) is 19.8 Å². The molecular formula is C12H17NO3S. The number of aliphatic hydroxyl groups is 1. The Hall–Kier alpha value is -0.910. The molecule has 17 heavy (non-hydrogen) atoms. The van der Waals surface area contributed by atoms with Gasteiger partial charge in [-0.15, -0.1) is 11.3 Å². The summed E-state index contributed by atoms with van der Waals surface area (Å²) in [6, 6.07) is 2.01. The number of aliphatic hydroxyl groups excluding tert-OH is 1. The first-order valence-corrected chi connectivity index (χ1v) is 6.71. The fourth-order valence-electron chi connectivity index (χ4n) is 1.93. The molecule has 0 spiro atoms. The topological polar surface area (TPSA) is 58.6 Å². The minimum atomic E-state index is -0.0167. The van der Waals surface area contributed by atoms with Crippen molar-refractivity contribution < 1.29 is 14.6 Å². The monoisotopic (exact) mass is 255 g/mol. The van der Waals surface area contributed by atoms with Crippen LogP contribution < -0.4 is 5.32 Å². The average Bonchev–Trinajstić information content (AvgIpc) is 2.88. The van der Waals surface area contributed by atoms with Crippen molar-refractivity contribution in [2.45, 2.75) is 19.3 Å². The Kier molecular flexibility index (Phi) is 4.53. The predicted molar refractivity (Wildman–Crippen MR) is 66.6 cm³/mol. The summed E-state index contributed by atoms with van der Waals surface area (Å²) in [7, 11) is 0. The van der Waals surface area contributed by atoms with Gasteiger partial charge in [0.25, 0.3) is 5.91 Å². The molecule has 0 bridgehead atoms. The second kappa shape index (κ2) is 6.14. The first-order valence-electron chi connectivity index (χ1n) is 5.89. The predicted octanol–water partition coefficient (Wildman–Crippen LogP) is 0.976. The molecule has 1 heterocycles. The quantitative estimate of drug-likeness (QED) is 0.745. The van der Waals surface area contributed by atoms with Gasteiger partial charge < -0.3 is 15.2 Å². The van der Waals surface area contributed by atoms with Crippen molar-refractivity contribution in [2.24, 2.45) is 0 Å². The molecule has 0 aliphatic heterocycles. The smallest absolute Gasteiger partial charge is 0.261 e. The van der Waals surface area contributed by atoms with Gasteiger partial charge in [-0.1, -0.05) is 0 Å². The van der Waals surface area contributed by atoms with Crippen molar-refractivity contribution in [3.8, 4) is 0 Å². The second-order valence-corrected chi connectivity index (χ2v) is 5.14. The summed E-state index contributed by atoms with van der Waals surface area (Å²) in [6.07, 6.45) is 3.45. The van der Waals surface area contributed by atoms with Crippen molar-refractivity contribution in [2.75, 3.05) is 26.4 Å². The van der Waals surface area contributed by atoms with Gasteiger partial charge in [0.15, 0.2) is 0 Å². The zero-order chi connectivity index (χ0) is 12.1. The van der Waals surface area contributed by atoms with Crippen molar-refractivity contribution in [1.82, 2.24) is 5.32 Å². The maximum absolute atomic E-state index is 11.8. The van der Waals surface area contributed by atoms with E-state index in [2.05, 4.69) is 5.32 Å². The Bertz CT molecular complexity index is 368. The molecule has 0 saturated heterocycles. The van der Waals surface area contributed by atoms with E-state index in [1.54, 1.807) is 11.3 Å². The third-order valence-corrected chi connectivity index (χ3v) is 3.97. The lowest BCUT2D eigenvalue weighted by atomic mass is 10.2. The van der Waals surface area contributed by atoms with Gasteiger partial charge in [-0.2, -0.15) is 0 Å². The molecule has 1 aliphatic carbocycles. The number of ether oxygens (including phenoxy) is 1. The molecule has 0 saturated carbocycles. The summed E-state index contributed by atoms with van der Waals surface area (Å²) in [5.41, 5.74) is 1.34. The summed E-state index contributed by atoms with van der Waals surface area (Å²) < 4.78 is 5.07. The Labute approximate surface area is 105 Å². The molecule has 1 aliphatic rings. The lowest BCUT2D eigenvalue weighted by molar-refractivity contribution is 0.0840. The van der Waals surface area contributed by atoms with Gasteiger partial charge in [0.1, 0.15) is 0 Å². The van der Waals surface area contributed by atoms with Gasteiger partial charge in [-0.25, -0.2) is 0 Å². The van der Waals surface area contributed by atoms with Gasteiger partial charge in [0, 0.05) is 11.4 Å².